The molecule has 1 heterocycles. The number of benzene rings is 2. The molecule has 2 aromatic rings. The van der Waals surface area contributed by atoms with Crippen LogP contribution in [0.5, 0.6) is 0 Å². The smallest absolute Gasteiger partial charge is 0.140 e. The number of morpholine rings is 1. The summed E-state index contributed by atoms with van der Waals surface area (Å²) in [6.45, 7) is 5.82. The first-order valence-corrected chi connectivity index (χ1v) is 7.99. The molecule has 1 aliphatic heterocycles. The van der Waals surface area contributed by atoms with E-state index < -0.39 is 0 Å². The van der Waals surface area contributed by atoms with E-state index in [4.69, 9.17) is 16.3 Å². The first-order valence-electron chi connectivity index (χ1n) is 7.61. The lowest BCUT2D eigenvalue weighted by Crippen LogP contribution is -2.46. The van der Waals surface area contributed by atoms with Crippen molar-refractivity contribution in [2.75, 3.05) is 18.4 Å². The van der Waals surface area contributed by atoms with E-state index in [2.05, 4.69) is 54.0 Å². The number of anilines is 1. The molecule has 1 saturated heterocycles. The summed E-state index contributed by atoms with van der Waals surface area (Å²) in [6.07, 6.45) is 0.235. The van der Waals surface area contributed by atoms with Crippen molar-refractivity contribution in [2.45, 2.75) is 26.2 Å². The van der Waals surface area contributed by atoms with Gasteiger partial charge in [-0.2, -0.15) is 0 Å². The van der Waals surface area contributed by atoms with Crippen molar-refractivity contribution < 1.29 is 4.74 Å². The van der Waals surface area contributed by atoms with Crippen LogP contribution in [0, 0.1) is 6.92 Å². The van der Waals surface area contributed by atoms with E-state index in [1.54, 1.807) is 0 Å². The van der Waals surface area contributed by atoms with Crippen molar-refractivity contribution in [3.8, 4) is 11.1 Å². The summed E-state index contributed by atoms with van der Waals surface area (Å²) in [5.41, 5.74) is 4.49. The minimum Gasteiger partial charge on any atom is -0.359 e. The molecule has 2 unspecified atom stereocenters. The third-order valence-corrected chi connectivity index (χ3v) is 4.26. The fraction of sp³-hybridized carbons (Fsp3) is 0.333. The molecule has 22 heavy (non-hydrogen) atoms. The molecule has 0 aliphatic carbocycles. The second-order valence-corrected chi connectivity index (χ2v) is 6.19. The molecule has 0 spiro atoms. The van der Waals surface area contributed by atoms with E-state index in [0.717, 1.165) is 29.4 Å². The van der Waals surface area contributed by atoms with Gasteiger partial charge in [0.05, 0.1) is 6.10 Å². The molecular weight excluding hydrogens is 296 g/mol. The minimum atomic E-state index is 0.00551. The summed E-state index contributed by atoms with van der Waals surface area (Å²) >= 11 is 6.11. The van der Waals surface area contributed by atoms with Gasteiger partial charge in [-0.3, -0.25) is 0 Å². The number of hydrogen-bond acceptors (Lipinski definition) is 3. The van der Waals surface area contributed by atoms with Crippen LogP contribution < -0.4 is 10.6 Å². The lowest BCUT2D eigenvalue weighted by molar-refractivity contribution is -0.0116. The van der Waals surface area contributed by atoms with Crippen LogP contribution in [-0.2, 0) is 4.74 Å². The van der Waals surface area contributed by atoms with Crippen LogP contribution in [-0.4, -0.2) is 25.4 Å². The van der Waals surface area contributed by atoms with Crippen LogP contribution >= 0.6 is 11.6 Å². The fourth-order valence-electron chi connectivity index (χ4n) is 2.68. The molecule has 0 aromatic heterocycles. The molecule has 1 fully saturated rings. The number of halogens is 1. The van der Waals surface area contributed by atoms with Crippen LogP contribution in [0.3, 0.4) is 0 Å². The van der Waals surface area contributed by atoms with E-state index in [1.165, 1.54) is 11.1 Å². The van der Waals surface area contributed by atoms with E-state index in [1.807, 2.05) is 13.0 Å². The fourth-order valence-corrected chi connectivity index (χ4v) is 2.80. The first-order chi connectivity index (χ1) is 10.6. The quantitative estimate of drug-likeness (QED) is 0.896. The van der Waals surface area contributed by atoms with Gasteiger partial charge in [0.2, 0.25) is 0 Å². The Morgan fingerprint density at radius 1 is 1.14 bits per heavy atom. The molecule has 3 rings (SSSR count). The first kappa shape index (κ1) is 15.3. The Bertz CT molecular complexity index is 659. The third-order valence-electron chi connectivity index (χ3n) is 3.84. The summed E-state index contributed by atoms with van der Waals surface area (Å²) < 4.78 is 5.88. The highest BCUT2D eigenvalue weighted by Gasteiger charge is 2.18. The molecule has 0 bridgehead atoms. The maximum absolute atomic E-state index is 6.11. The Kier molecular flexibility index (Phi) is 4.67. The Morgan fingerprint density at radius 2 is 1.95 bits per heavy atom. The van der Waals surface area contributed by atoms with Crippen molar-refractivity contribution in [1.82, 2.24) is 5.32 Å². The van der Waals surface area contributed by atoms with E-state index in [0.29, 0.717) is 0 Å². The third kappa shape index (κ3) is 3.61. The van der Waals surface area contributed by atoms with Gasteiger partial charge >= 0.3 is 0 Å². The molecule has 0 saturated carbocycles. The van der Waals surface area contributed by atoms with Gasteiger partial charge in [-0.15, -0.1) is 0 Å². The summed E-state index contributed by atoms with van der Waals surface area (Å²) in [5, 5.41) is 7.60. The van der Waals surface area contributed by atoms with Gasteiger partial charge < -0.3 is 15.4 Å². The molecule has 0 amide bonds. The summed E-state index contributed by atoms with van der Waals surface area (Å²) in [5.74, 6) is 0. The van der Waals surface area contributed by atoms with Gasteiger partial charge in [0.1, 0.15) is 6.23 Å². The van der Waals surface area contributed by atoms with Crippen molar-refractivity contribution in [3.05, 3.63) is 53.1 Å². The average molecular weight is 317 g/mol. The molecule has 116 valence electrons. The highest BCUT2D eigenvalue weighted by Crippen LogP contribution is 2.27. The van der Waals surface area contributed by atoms with Crippen molar-refractivity contribution in [2.24, 2.45) is 0 Å². The van der Waals surface area contributed by atoms with Gasteiger partial charge in [-0.1, -0.05) is 29.8 Å². The highest BCUT2D eigenvalue weighted by molar-refractivity contribution is 6.31. The molecule has 1 aliphatic rings. The molecular formula is C18H21ClN2O. The second kappa shape index (κ2) is 6.69. The Balaban J connectivity index is 1.78. The van der Waals surface area contributed by atoms with Gasteiger partial charge in [0.25, 0.3) is 0 Å². The molecule has 0 radical (unpaired) electrons. The van der Waals surface area contributed by atoms with Gasteiger partial charge in [-0.25, -0.2) is 0 Å². The van der Waals surface area contributed by atoms with E-state index in [-0.39, 0.29) is 12.3 Å². The van der Waals surface area contributed by atoms with Crippen molar-refractivity contribution in [1.29, 1.82) is 0 Å². The number of nitrogens with one attached hydrogen (secondary N) is 2. The van der Waals surface area contributed by atoms with Crippen LogP contribution in [0.1, 0.15) is 12.5 Å². The predicted molar refractivity (Wildman–Crippen MR) is 92.5 cm³/mol. The van der Waals surface area contributed by atoms with Gasteiger partial charge in [0.15, 0.2) is 0 Å². The zero-order chi connectivity index (χ0) is 15.5. The molecule has 3 nitrogen and oxygen atoms in total. The second-order valence-electron chi connectivity index (χ2n) is 5.78. The lowest BCUT2D eigenvalue weighted by atomic mass is 10.0. The molecule has 2 aromatic carbocycles. The summed E-state index contributed by atoms with van der Waals surface area (Å²) in [7, 11) is 0. The molecule has 2 atom stereocenters. The zero-order valence-electron chi connectivity index (χ0n) is 12.9. The Hall–Kier alpha value is -1.55. The number of aryl methyl sites for hydroxylation is 1. The van der Waals surface area contributed by atoms with Crippen LogP contribution in [0.15, 0.2) is 42.5 Å². The maximum Gasteiger partial charge on any atom is 0.140 e. The number of rotatable bonds is 3. The Labute approximate surface area is 136 Å². The van der Waals surface area contributed by atoms with Crippen LogP contribution in [0.2, 0.25) is 5.02 Å². The van der Waals surface area contributed by atoms with Crippen molar-refractivity contribution >= 4 is 17.3 Å². The van der Waals surface area contributed by atoms with Crippen molar-refractivity contribution in [3.63, 3.8) is 0 Å². The van der Waals surface area contributed by atoms with Gasteiger partial charge in [-0.05, 0) is 54.8 Å². The predicted octanol–water partition coefficient (Wildman–Crippen LogP) is 4.06. The molecule has 2 N–H and O–H groups in total. The topological polar surface area (TPSA) is 33.3 Å². The van der Waals surface area contributed by atoms with Crippen LogP contribution in [0.4, 0.5) is 5.69 Å². The monoisotopic (exact) mass is 316 g/mol. The SMILES string of the molecule is Cc1cc(-c2cccc(NC3CNCC(C)O3)c2)ccc1Cl. The van der Waals surface area contributed by atoms with E-state index in [9.17, 15) is 0 Å². The van der Waals surface area contributed by atoms with Gasteiger partial charge in [0, 0.05) is 23.8 Å². The molecule has 4 heteroatoms. The van der Waals surface area contributed by atoms with Crippen LogP contribution in [0.25, 0.3) is 11.1 Å². The number of ether oxygens (including phenoxy) is 1. The minimum absolute atomic E-state index is 0.00551. The standard InChI is InChI=1S/C18H21ClN2O/c1-12-8-15(6-7-17(12)19)14-4-3-5-16(9-14)21-18-11-20-10-13(2)22-18/h3-9,13,18,20-21H,10-11H2,1-2H3. The normalized spacial score (nSPS) is 21.6. The highest BCUT2D eigenvalue weighted by atomic mass is 35.5. The van der Waals surface area contributed by atoms with E-state index >= 15 is 0 Å². The average Bonchev–Trinajstić information content (AvgIpc) is 2.50. The maximum atomic E-state index is 6.11. The summed E-state index contributed by atoms with van der Waals surface area (Å²) in [4.78, 5) is 0. The lowest BCUT2D eigenvalue weighted by Gasteiger charge is -2.30. The largest absolute Gasteiger partial charge is 0.359 e. The number of hydrogen-bond donors (Lipinski definition) is 2. The Morgan fingerprint density at radius 3 is 2.73 bits per heavy atom. The summed E-state index contributed by atoms with van der Waals surface area (Å²) in [6, 6.07) is 14.5. The zero-order valence-corrected chi connectivity index (χ0v) is 13.7.